The Labute approximate surface area is 116 Å². The number of piperazine rings is 1. The fraction of sp³-hybridized carbons (Fsp3) is 0.917. The van der Waals surface area contributed by atoms with Gasteiger partial charge in [0, 0.05) is 31.7 Å². The van der Waals surface area contributed by atoms with Crippen LogP contribution in [0.15, 0.2) is 0 Å². The minimum atomic E-state index is -1.01. The van der Waals surface area contributed by atoms with Crippen LogP contribution in [0.4, 0.5) is 0 Å². The molecule has 0 aromatic carbocycles. The van der Waals surface area contributed by atoms with Gasteiger partial charge in [-0.1, -0.05) is 6.92 Å². The molecule has 0 aromatic rings. The van der Waals surface area contributed by atoms with E-state index in [1.807, 2.05) is 4.90 Å². The zero-order valence-electron chi connectivity index (χ0n) is 11.8. The fourth-order valence-electron chi connectivity index (χ4n) is 2.33. The van der Waals surface area contributed by atoms with Crippen molar-refractivity contribution in [2.75, 3.05) is 32.7 Å². The molecule has 1 atom stereocenters. The van der Waals surface area contributed by atoms with Gasteiger partial charge in [0.05, 0.1) is 0 Å². The van der Waals surface area contributed by atoms with Crippen molar-refractivity contribution in [3.63, 3.8) is 0 Å². The van der Waals surface area contributed by atoms with Gasteiger partial charge in [-0.05, 0) is 27.3 Å². The second-order valence-corrected chi connectivity index (χ2v) is 5.52. The number of nitrogens with zero attached hydrogens (tertiary/aromatic N) is 2. The Hall–Kier alpha value is -0.360. The van der Waals surface area contributed by atoms with Crippen molar-refractivity contribution in [3.05, 3.63) is 0 Å². The third kappa shape index (κ3) is 3.15. The zero-order valence-corrected chi connectivity index (χ0v) is 12.6. The zero-order chi connectivity index (χ0) is 13.3. The van der Waals surface area contributed by atoms with Crippen LogP contribution in [-0.4, -0.2) is 64.7 Å². The second-order valence-electron chi connectivity index (χ2n) is 5.52. The maximum atomic E-state index is 11.6. The number of rotatable bonds is 4. The maximum Gasteiger partial charge on any atom is 0.325 e. The molecule has 0 radical (unpaired) electrons. The highest BCUT2D eigenvalue weighted by molar-refractivity contribution is 5.85. The third-order valence-electron chi connectivity index (χ3n) is 4.12. The summed E-state index contributed by atoms with van der Waals surface area (Å²) >= 11 is 0. The monoisotopic (exact) mass is 279 g/mol. The first-order chi connectivity index (χ1) is 7.73. The summed E-state index contributed by atoms with van der Waals surface area (Å²) in [6, 6.07) is 0. The van der Waals surface area contributed by atoms with E-state index in [1.165, 1.54) is 0 Å². The van der Waals surface area contributed by atoms with Crippen molar-refractivity contribution >= 4 is 18.4 Å². The van der Waals surface area contributed by atoms with Crippen LogP contribution in [-0.2, 0) is 4.79 Å². The molecule has 0 bridgehead atoms. The summed E-state index contributed by atoms with van der Waals surface area (Å²) in [7, 11) is 0. The minimum absolute atomic E-state index is 0. The van der Waals surface area contributed by atoms with Gasteiger partial charge in [-0.15, -0.1) is 12.4 Å². The van der Waals surface area contributed by atoms with Gasteiger partial charge in [0.15, 0.2) is 0 Å². The van der Waals surface area contributed by atoms with Gasteiger partial charge >= 0.3 is 5.97 Å². The van der Waals surface area contributed by atoms with Crippen molar-refractivity contribution < 1.29 is 9.90 Å². The third-order valence-corrected chi connectivity index (χ3v) is 4.12. The van der Waals surface area contributed by atoms with Crippen LogP contribution in [0.3, 0.4) is 0 Å². The van der Waals surface area contributed by atoms with E-state index in [0.29, 0.717) is 0 Å². The van der Waals surface area contributed by atoms with Crippen LogP contribution in [0, 0.1) is 0 Å². The molecule has 6 heteroatoms. The number of hydrogen-bond acceptors (Lipinski definition) is 4. The highest BCUT2D eigenvalue weighted by atomic mass is 35.5. The molecule has 0 saturated carbocycles. The summed E-state index contributed by atoms with van der Waals surface area (Å²) in [5.41, 5.74) is 4.30. The topological polar surface area (TPSA) is 69.8 Å². The summed E-state index contributed by atoms with van der Waals surface area (Å²) in [5, 5.41) is 9.51. The maximum absolute atomic E-state index is 11.6. The van der Waals surface area contributed by atoms with Crippen LogP contribution in [0.1, 0.15) is 27.7 Å². The molecule has 1 aliphatic heterocycles. The Morgan fingerprint density at radius 2 is 1.67 bits per heavy atom. The quantitative estimate of drug-likeness (QED) is 0.790. The largest absolute Gasteiger partial charge is 0.480 e. The van der Waals surface area contributed by atoms with E-state index < -0.39 is 17.0 Å². The normalized spacial score (nSPS) is 22.1. The van der Waals surface area contributed by atoms with E-state index in [-0.39, 0.29) is 12.4 Å². The molecule has 1 rings (SSSR count). The van der Waals surface area contributed by atoms with Crippen molar-refractivity contribution in [2.45, 2.75) is 38.8 Å². The first-order valence-corrected chi connectivity index (χ1v) is 6.23. The van der Waals surface area contributed by atoms with Crippen LogP contribution < -0.4 is 5.73 Å². The van der Waals surface area contributed by atoms with E-state index in [9.17, 15) is 9.90 Å². The average molecular weight is 280 g/mol. The SMILES string of the molecule is CCN1CCN([C@](C)(C(=O)O)C(C)(C)N)CC1.Cl. The van der Waals surface area contributed by atoms with Gasteiger partial charge < -0.3 is 15.7 Å². The summed E-state index contributed by atoms with van der Waals surface area (Å²) in [6.45, 7) is 11.8. The number of carboxylic acids is 1. The van der Waals surface area contributed by atoms with Crippen LogP contribution in [0.2, 0.25) is 0 Å². The number of nitrogens with two attached hydrogens (primary N) is 1. The predicted octanol–water partition coefficient (Wildman–Crippen LogP) is 0.626. The Balaban J connectivity index is 0.00000289. The molecule has 0 amide bonds. The Bertz CT molecular complexity index is 286. The summed E-state index contributed by atoms with van der Waals surface area (Å²) in [5.74, 6) is -0.838. The van der Waals surface area contributed by atoms with Crippen molar-refractivity contribution in [3.8, 4) is 0 Å². The van der Waals surface area contributed by atoms with E-state index in [0.717, 1.165) is 32.7 Å². The first kappa shape index (κ1) is 17.6. The van der Waals surface area contributed by atoms with Gasteiger partial charge in [0.25, 0.3) is 0 Å². The molecule has 108 valence electrons. The number of carboxylic acid groups (broad SMARTS) is 1. The van der Waals surface area contributed by atoms with Gasteiger partial charge in [0.1, 0.15) is 5.54 Å². The Kier molecular flexibility index (Phi) is 6.07. The highest BCUT2D eigenvalue weighted by Crippen LogP contribution is 2.28. The minimum Gasteiger partial charge on any atom is -0.480 e. The lowest BCUT2D eigenvalue weighted by atomic mass is 9.79. The molecular formula is C12H26ClN3O2. The number of halogens is 1. The standard InChI is InChI=1S/C12H25N3O2.ClH/c1-5-14-6-8-15(9-7-14)12(4,10(16)17)11(2,3)13;/h5-9,13H2,1-4H3,(H,16,17);1H/t12-;/m1./s1. The van der Waals surface area contributed by atoms with Crippen molar-refractivity contribution in [1.82, 2.24) is 9.80 Å². The van der Waals surface area contributed by atoms with Gasteiger partial charge in [0.2, 0.25) is 0 Å². The number of likely N-dealkylation sites (N-methyl/N-ethyl adjacent to an activating group) is 1. The molecule has 0 aliphatic carbocycles. The molecule has 0 aromatic heterocycles. The summed E-state index contributed by atoms with van der Waals surface area (Å²) in [6.07, 6.45) is 0. The lowest BCUT2D eigenvalue weighted by Gasteiger charge is -2.49. The fourth-order valence-corrected chi connectivity index (χ4v) is 2.33. The second kappa shape index (κ2) is 6.19. The Morgan fingerprint density at radius 3 is 1.94 bits per heavy atom. The van der Waals surface area contributed by atoms with E-state index in [4.69, 9.17) is 5.73 Å². The van der Waals surface area contributed by atoms with Gasteiger partial charge in [-0.2, -0.15) is 0 Å². The molecule has 0 spiro atoms. The van der Waals surface area contributed by atoms with E-state index >= 15 is 0 Å². The van der Waals surface area contributed by atoms with Gasteiger partial charge in [-0.25, -0.2) is 0 Å². The first-order valence-electron chi connectivity index (χ1n) is 6.23. The molecule has 5 nitrogen and oxygen atoms in total. The predicted molar refractivity (Wildman–Crippen MR) is 75.2 cm³/mol. The molecule has 1 heterocycles. The molecule has 1 fully saturated rings. The Morgan fingerprint density at radius 1 is 1.22 bits per heavy atom. The molecule has 3 N–H and O–H groups in total. The van der Waals surface area contributed by atoms with E-state index in [2.05, 4.69) is 11.8 Å². The smallest absolute Gasteiger partial charge is 0.325 e. The number of hydrogen-bond donors (Lipinski definition) is 2. The van der Waals surface area contributed by atoms with Crippen LogP contribution in [0.5, 0.6) is 0 Å². The van der Waals surface area contributed by atoms with Crippen molar-refractivity contribution in [2.24, 2.45) is 5.73 Å². The highest BCUT2D eigenvalue weighted by Gasteiger charge is 2.50. The van der Waals surface area contributed by atoms with Gasteiger partial charge in [-0.3, -0.25) is 9.69 Å². The lowest BCUT2D eigenvalue weighted by molar-refractivity contribution is -0.156. The average Bonchev–Trinajstić information content (AvgIpc) is 2.26. The van der Waals surface area contributed by atoms with E-state index in [1.54, 1.807) is 20.8 Å². The molecule has 1 aliphatic rings. The molecule has 1 saturated heterocycles. The lowest BCUT2D eigenvalue weighted by Crippen LogP contribution is -2.71. The van der Waals surface area contributed by atoms with Crippen LogP contribution >= 0.6 is 12.4 Å². The number of carbonyl (C=O) groups is 1. The van der Waals surface area contributed by atoms with Crippen LogP contribution in [0.25, 0.3) is 0 Å². The summed E-state index contributed by atoms with van der Waals surface area (Å²) < 4.78 is 0. The summed E-state index contributed by atoms with van der Waals surface area (Å²) in [4.78, 5) is 15.9. The van der Waals surface area contributed by atoms with Crippen molar-refractivity contribution in [1.29, 1.82) is 0 Å². The molecule has 0 unspecified atom stereocenters. The molecular weight excluding hydrogens is 254 g/mol. The molecule has 18 heavy (non-hydrogen) atoms. The number of aliphatic carboxylic acids is 1.